The van der Waals surface area contributed by atoms with Crippen molar-refractivity contribution in [3.63, 3.8) is 0 Å². The number of nitrogens with one attached hydrogen (secondary N) is 2. The van der Waals surface area contributed by atoms with Crippen molar-refractivity contribution in [2.45, 2.75) is 70.6 Å². The van der Waals surface area contributed by atoms with Crippen molar-refractivity contribution in [3.8, 4) is 12.3 Å². The van der Waals surface area contributed by atoms with E-state index in [1.54, 1.807) is 17.8 Å². The highest BCUT2D eigenvalue weighted by Crippen LogP contribution is 2.40. The van der Waals surface area contributed by atoms with Gasteiger partial charge in [0.05, 0.1) is 11.4 Å². The van der Waals surface area contributed by atoms with Crippen molar-refractivity contribution in [1.82, 2.24) is 20.4 Å². The van der Waals surface area contributed by atoms with Crippen LogP contribution in [0.15, 0.2) is 24.3 Å². The number of rotatable bonds is 9. The highest BCUT2D eigenvalue weighted by atomic mass is 32.2. The molecule has 0 radical (unpaired) electrons. The van der Waals surface area contributed by atoms with Crippen LogP contribution in [0.4, 0.5) is 11.6 Å². The molecule has 1 fully saturated rings. The first-order valence-corrected chi connectivity index (χ1v) is 13.2. The number of hydrogen-bond acceptors (Lipinski definition) is 7. The molecule has 0 aliphatic heterocycles. The Morgan fingerprint density at radius 3 is 1.91 bits per heavy atom. The van der Waals surface area contributed by atoms with Gasteiger partial charge in [0, 0.05) is 36.9 Å². The third-order valence-electron chi connectivity index (χ3n) is 5.45. The Bertz CT molecular complexity index is 943. The van der Waals surface area contributed by atoms with E-state index in [1.165, 1.54) is 0 Å². The van der Waals surface area contributed by atoms with E-state index in [4.69, 9.17) is 6.42 Å². The first-order chi connectivity index (χ1) is 16.6. The van der Waals surface area contributed by atoms with E-state index in [-0.39, 0.29) is 30.1 Å². The number of carbonyl (C=O) groups is 2. The molecule has 3 rings (SSSR count). The second kappa shape index (κ2) is 15.0. The lowest BCUT2D eigenvalue weighted by atomic mass is 9.78. The van der Waals surface area contributed by atoms with Gasteiger partial charge in [-0.3, -0.25) is 9.59 Å². The number of aromatic nitrogens is 4. The molecule has 8 nitrogen and oxygen atoms in total. The molecule has 9 heteroatoms. The fourth-order valence-corrected chi connectivity index (χ4v) is 4.16. The minimum Gasteiger partial charge on any atom is -0.309 e. The van der Waals surface area contributed by atoms with Crippen LogP contribution in [0.2, 0.25) is 0 Å². The van der Waals surface area contributed by atoms with Crippen LogP contribution in [0.5, 0.6) is 0 Å². The summed E-state index contributed by atoms with van der Waals surface area (Å²) in [5.74, 6) is 4.50. The normalized spacial score (nSPS) is 17.0. The molecule has 1 saturated carbocycles. The maximum atomic E-state index is 11.9. The highest BCUT2D eigenvalue weighted by Gasteiger charge is 2.26. The molecule has 182 valence electrons. The second-order valence-electron chi connectivity index (χ2n) is 7.79. The van der Waals surface area contributed by atoms with E-state index in [0.29, 0.717) is 24.5 Å². The topological polar surface area (TPSA) is 110 Å². The second-order valence-corrected chi connectivity index (χ2v) is 8.78. The molecule has 2 heterocycles. The summed E-state index contributed by atoms with van der Waals surface area (Å²) >= 11 is 1.63. The quantitative estimate of drug-likeness (QED) is 0.495. The molecule has 0 bridgehead atoms. The van der Waals surface area contributed by atoms with Crippen molar-refractivity contribution in [1.29, 1.82) is 0 Å². The average Bonchev–Trinajstić information content (AvgIpc) is 2.88. The summed E-state index contributed by atoms with van der Waals surface area (Å²) < 4.78 is 0. The fraction of sp³-hybridized carbons (Fsp3) is 0.520. The molecule has 1 aliphatic rings. The number of hydrogen-bond donors (Lipinski definition) is 2. The van der Waals surface area contributed by atoms with Crippen LogP contribution in [-0.2, 0) is 9.59 Å². The van der Waals surface area contributed by atoms with Crippen molar-refractivity contribution in [3.05, 3.63) is 35.7 Å². The van der Waals surface area contributed by atoms with E-state index in [9.17, 15) is 9.59 Å². The molecule has 0 aromatic carbocycles. The van der Waals surface area contributed by atoms with Crippen LogP contribution < -0.4 is 10.6 Å². The van der Waals surface area contributed by atoms with Gasteiger partial charge in [-0.25, -0.2) is 0 Å². The maximum Gasteiger partial charge on any atom is 0.226 e. The number of nitrogens with zero attached hydrogens (tertiary/aromatic N) is 4. The zero-order valence-electron chi connectivity index (χ0n) is 20.2. The summed E-state index contributed by atoms with van der Waals surface area (Å²) in [6, 6.07) is 7.48. The zero-order chi connectivity index (χ0) is 24.8. The van der Waals surface area contributed by atoms with Crippen LogP contribution in [0.25, 0.3) is 0 Å². The average molecular weight is 483 g/mol. The molecule has 34 heavy (non-hydrogen) atoms. The summed E-state index contributed by atoms with van der Waals surface area (Å²) in [6.07, 6.45) is 12.3. The first-order valence-electron chi connectivity index (χ1n) is 11.8. The molecule has 1 aliphatic carbocycles. The largest absolute Gasteiger partial charge is 0.309 e. The van der Waals surface area contributed by atoms with Crippen LogP contribution in [0.3, 0.4) is 0 Å². The smallest absolute Gasteiger partial charge is 0.226 e. The highest BCUT2D eigenvalue weighted by molar-refractivity contribution is 7.98. The Morgan fingerprint density at radius 2 is 1.47 bits per heavy atom. The van der Waals surface area contributed by atoms with E-state index in [0.717, 1.165) is 42.8 Å². The predicted octanol–water partition coefficient (Wildman–Crippen LogP) is 4.78. The third kappa shape index (κ3) is 8.75. The number of amides is 2. The Labute approximate surface area is 206 Å². The van der Waals surface area contributed by atoms with Gasteiger partial charge in [0.2, 0.25) is 11.8 Å². The summed E-state index contributed by atoms with van der Waals surface area (Å²) in [4.78, 5) is 23.6. The van der Waals surface area contributed by atoms with Gasteiger partial charge in [-0.2, -0.15) is 22.0 Å². The first kappa shape index (κ1) is 27.3. The van der Waals surface area contributed by atoms with Crippen molar-refractivity contribution in [2.24, 2.45) is 0 Å². The minimum atomic E-state index is -0.162. The van der Waals surface area contributed by atoms with E-state index in [1.807, 2.05) is 38.3 Å². The number of carbonyl (C=O) groups excluding carboxylic acids is 2. The van der Waals surface area contributed by atoms with Gasteiger partial charge in [0.25, 0.3) is 0 Å². The molecular weight excluding hydrogens is 448 g/mol. The van der Waals surface area contributed by atoms with Crippen LogP contribution >= 0.6 is 11.8 Å². The molecule has 0 unspecified atom stereocenters. The van der Waals surface area contributed by atoms with Crippen molar-refractivity contribution >= 4 is 35.2 Å². The molecule has 2 atom stereocenters. The Morgan fingerprint density at radius 1 is 0.941 bits per heavy atom. The fourth-order valence-electron chi connectivity index (χ4n) is 3.77. The third-order valence-corrected chi connectivity index (χ3v) is 6.06. The summed E-state index contributed by atoms with van der Waals surface area (Å²) in [7, 11) is 0. The molecule has 0 saturated heterocycles. The summed E-state index contributed by atoms with van der Waals surface area (Å²) in [6.45, 7) is 4.00. The summed E-state index contributed by atoms with van der Waals surface area (Å²) in [5, 5.41) is 22.6. The van der Waals surface area contributed by atoms with E-state index < -0.39 is 0 Å². The van der Waals surface area contributed by atoms with Gasteiger partial charge in [-0.05, 0) is 49.8 Å². The van der Waals surface area contributed by atoms with Crippen LogP contribution in [0.1, 0.15) is 82.0 Å². The van der Waals surface area contributed by atoms with Gasteiger partial charge in [0.1, 0.15) is 0 Å². The summed E-state index contributed by atoms with van der Waals surface area (Å²) in [5.41, 5.74) is 1.85. The number of terminal acetylenes is 1. The van der Waals surface area contributed by atoms with E-state index in [2.05, 4.69) is 36.9 Å². The van der Waals surface area contributed by atoms with Crippen molar-refractivity contribution in [2.75, 3.05) is 22.6 Å². The monoisotopic (exact) mass is 482 g/mol. The Hall–Kier alpha value is -2.99. The minimum absolute atomic E-state index is 0.0478. The standard InChI is InChI=1S/C23H28N6O2S.C2H6/c1-3-4-8-22(30)24-20-11-9-18(26-28-20)16-6-5-7-17(15-16)19-10-12-21(29-27-19)25-23(31)13-14-32-2;1-2/h1,9-12,16-17H,4-8,13-15H2,2H3,(H,24,28,30)(H,25,29,31);1-2H3/t16-,17-;/m0./s1. The molecule has 2 N–H and O–H groups in total. The Balaban J connectivity index is 0.00000199. The molecule has 0 spiro atoms. The molecule has 2 aromatic rings. The zero-order valence-corrected chi connectivity index (χ0v) is 21.0. The molecular formula is C25H34N6O2S. The lowest BCUT2D eigenvalue weighted by Gasteiger charge is -2.28. The van der Waals surface area contributed by atoms with Gasteiger partial charge < -0.3 is 10.6 Å². The number of thioether (sulfide) groups is 1. The van der Waals surface area contributed by atoms with Gasteiger partial charge in [0.15, 0.2) is 11.6 Å². The van der Waals surface area contributed by atoms with Gasteiger partial charge in [-0.15, -0.1) is 22.5 Å². The molecule has 2 amide bonds. The predicted molar refractivity (Wildman–Crippen MR) is 138 cm³/mol. The Kier molecular flexibility index (Phi) is 12.0. The van der Waals surface area contributed by atoms with Crippen molar-refractivity contribution < 1.29 is 9.59 Å². The van der Waals surface area contributed by atoms with Crippen LogP contribution in [0, 0.1) is 12.3 Å². The SMILES string of the molecule is C#CCCC(=O)Nc1ccc([C@H]2CCC[C@H](c3ccc(NC(=O)CCSC)nn3)C2)nn1.CC. The van der Waals surface area contributed by atoms with E-state index >= 15 is 0 Å². The lowest BCUT2D eigenvalue weighted by Crippen LogP contribution is -2.17. The lowest BCUT2D eigenvalue weighted by molar-refractivity contribution is -0.116. The van der Waals surface area contributed by atoms with Gasteiger partial charge >= 0.3 is 0 Å². The number of anilines is 2. The van der Waals surface area contributed by atoms with Crippen LogP contribution in [-0.4, -0.2) is 44.2 Å². The van der Waals surface area contributed by atoms with Gasteiger partial charge in [-0.1, -0.05) is 20.3 Å². The maximum absolute atomic E-state index is 11.9. The molecule has 2 aromatic heterocycles.